The Bertz CT molecular complexity index is 459. The van der Waals surface area contributed by atoms with Crippen LogP contribution in [0.15, 0.2) is 6.20 Å². The van der Waals surface area contributed by atoms with Crippen molar-refractivity contribution in [3.05, 3.63) is 21.0 Å². The van der Waals surface area contributed by atoms with E-state index in [2.05, 4.69) is 9.72 Å². The summed E-state index contributed by atoms with van der Waals surface area (Å²) in [5.41, 5.74) is 0.479. The Hall–Kier alpha value is -0.750. The van der Waals surface area contributed by atoms with Crippen LogP contribution < -0.4 is 4.74 Å². The van der Waals surface area contributed by atoms with Crippen LogP contribution in [0.3, 0.4) is 0 Å². The van der Waals surface area contributed by atoms with Crippen LogP contribution >= 0.6 is 34.2 Å². The van der Waals surface area contributed by atoms with Crippen LogP contribution in [0.4, 0.5) is 13.2 Å². The summed E-state index contributed by atoms with van der Waals surface area (Å²) in [5, 5.41) is 8.55. The molecule has 0 saturated carbocycles. The topological polar surface area (TPSA) is 45.9 Å². The van der Waals surface area contributed by atoms with E-state index in [4.69, 9.17) is 16.9 Å². The van der Waals surface area contributed by atoms with Crippen LogP contribution in [-0.2, 0) is 12.3 Å². The average Bonchev–Trinajstić information content (AvgIpc) is 2.22. The summed E-state index contributed by atoms with van der Waals surface area (Å²) in [6, 6.07) is 1.83. The van der Waals surface area contributed by atoms with Gasteiger partial charge in [0.05, 0.1) is 18.4 Å². The molecule has 0 amide bonds. The Labute approximate surface area is 114 Å². The molecule has 1 aromatic heterocycles. The molecule has 0 radical (unpaired) electrons. The third-order valence-corrected chi connectivity index (χ3v) is 2.84. The van der Waals surface area contributed by atoms with Crippen molar-refractivity contribution in [2.75, 3.05) is 0 Å². The van der Waals surface area contributed by atoms with Gasteiger partial charge in [-0.25, -0.2) is 4.98 Å². The lowest BCUT2D eigenvalue weighted by Crippen LogP contribution is -2.19. The minimum absolute atomic E-state index is 0.0530. The van der Waals surface area contributed by atoms with Crippen molar-refractivity contribution in [2.45, 2.75) is 18.7 Å². The fraction of sp³-hybridized carbons (Fsp3) is 0.333. The summed E-state index contributed by atoms with van der Waals surface area (Å²) in [4.78, 5) is 3.74. The number of alkyl halides is 4. The third kappa shape index (κ3) is 3.89. The minimum Gasteiger partial charge on any atom is -0.403 e. The van der Waals surface area contributed by atoms with Crippen molar-refractivity contribution < 1.29 is 17.9 Å². The minimum atomic E-state index is -4.81. The highest BCUT2D eigenvalue weighted by molar-refractivity contribution is 14.1. The first kappa shape index (κ1) is 14.3. The first-order valence-electron chi connectivity index (χ1n) is 4.24. The lowest BCUT2D eigenvalue weighted by atomic mass is 10.1. The SMILES string of the molecule is N#CCc1cnc(I)c(OC(F)(F)F)c1CCl. The van der Waals surface area contributed by atoms with Gasteiger partial charge in [-0.2, -0.15) is 5.26 Å². The molecule has 0 aromatic carbocycles. The molecular weight excluding hydrogens is 371 g/mol. The van der Waals surface area contributed by atoms with Crippen molar-refractivity contribution in [2.24, 2.45) is 0 Å². The Morgan fingerprint density at radius 1 is 1.53 bits per heavy atom. The number of rotatable bonds is 3. The first-order valence-corrected chi connectivity index (χ1v) is 5.85. The lowest BCUT2D eigenvalue weighted by Gasteiger charge is -2.15. The van der Waals surface area contributed by atoms with E-state index in [-0.39, 0.29) is 21.6 Å². The van der Waals surface area contributed by atoms with Crippen LogP contribution in [0, 0.1) is 15.0 Å². The number of pyridine rings is 1. The van der Waals surface area contributed by atoms with Crippen LogP contribution in [-0.4, -0.2) is 11.3 Å². The van der Waals surface area contributed by atoms with Crippen molar-refractivity contribution in [3.63, 3.8) is 0 Å². The molecule has 1 aromatic rings. The van der Waals surface area contributed by atoms with Gasteiger partial charge in [-0.05, 0) is 28.2 Å². The van der Waals surface area contributed by atoms with E-state index in [1.54, 1.807) is 22.6 Å². The predicted octanol–water partition coefficient (Wildman–Crippen LogP) is 3.39. The molecule has 0 saturated heterocycles. The van der Waals surface area contributed by atoms with Gasteiger partial charge < -0.3 is 4.74 Å². The van der Waals surface area contributed by atoms with Crippen LogP contribution in [0.1, 0.15) is 11.1 Å². The molecule has 0 unspecified atom stereocenters. The molecule has 0 aliphatic heterocycles. The highest BCUT2D eigenvalue weighted by atomic mass is 127. The van der Waals surface area contributed by atoms with Crippen molar-refractivity contribution in [1.82, 2.24) is 4.98 Å². The standard InChI is InChI=1S/C9H5ClF3IN2O/c10-3-6-5(1-2-15)4-16-8(14)7(6)17-9(11,12)13/h4H,1,3H2. The van der Waals surface area contributed by atoms with Gasteiger partial charge in [-0.3, -0.25) is 0 Å². The second-order valence-corrected chi connectivity index (χ2v) is 4.19. The summed E-state index contributed by atoms with van der Waals surface area (Å²) in [6.45, 7) is 0. The van der Waals surface area contributed by atoms with E-state index >= 15 is 0 Å². The van der Waals surface area contributed by atoms with Crippen molar-refractivity contribution >= 4 is 34.2 Å². The molecule has 8 heteroatoms. The molecule has 1 heterocycles. The van der Waals surface area contributed by atoms with E-state index in [0.717, 1.165) is 0 Å². The summed E-state index contributed by atoms with van der Waals surface area (Å²) in [5.74, 6) is -0.609. The largest absolute Gasteiger partial charge is 0.573 e. The summed E-state index contributed by atoms with van der Waals surface area (Å²) >= 11 is 7.20. The number of nitrogens with zero attached hydrogens (tertiary/aromatic N) is 2. The predicted molar refractivity (Wildman–Crippen MR) is 62.5 cm³/mol. The number of nitriles is 1. The highest BCUT2D eigenvalue weighted by Crippen LogP contribution is 2.33. The molecule has 3 nitrogen and oxygen atoms in total. The number of hydrogen-bond acceptors (Lipinski definition) is 3. The van der Waals surface area contributed by atoms with E-state index < -0.39 is 12.1 Å². The number of halogens is 5. The molecular formula is C9H5ClF3IN2O. The second kappa shape index (κ2) is 5.73. The van der Waals surface area contributed by atoms with Gasteiger partial charge in [0.15, 0.2) is 5.75 Å². The van der Waals surface area contributed by atoms with Gasteiger partial charge in [0.2, 0.25) is 0 Å². The molecule has 0 bridgehead atoms. The molecule has 0 aliphatic rings. The maximum Gasteiger partial charge on any atom is 0.573 e. The maximum absolute atomic E-state index is 12.2. The van der Waals surface area contributed by atoms with Crippen molar-refractivity contribution in [1.29, 1.82) is 5.26 Å². The fourth-order valence-corrected chi connectivity index (χ4v) is 2.01. The van der Waals surface area contributed by atoms with E-state index in [0.29, 0.717) is 5.56 Å². The molecule has 0 spiro atoms. The van der Waals surface area contributed by atoms with Crippen molar-refractivity contribution in [3.8, 4) is 11.8 Å². The van der Waals surface area contributed by atoms with Gasteiger partial charge in [-0.1, -0.05) is 0 Å². The Balaban J connectivity index is 3.26. The summed E-state index contributed by atoms with van der Waals surface area (Å²) in [6.07, 6.45) is -3.56. The molecule has 92 valence electrons. The normalized spacial score (nSPS) is 11.1. The molecule has 1 rings (SSSR count). The smallest absolute Gasteiger partial charge is 0.403 e. The zero-order chi connectivity index (χ0) is 13.1. The molecule has 0 aliphatic carbocycles. The maximum atomic E-state index is 12.2. The lowest BCUT2D eigenvalue weighted by molar-refractivity contribution is -0.275. The second-order valence-electron chi connectivity index (χ2n) is 2.90. The van der Waals surface area contributed by atoms with Gasteiger partial charge >= 0.3 is 6.36 Å². The Morgan fingerprint density at radius 3 is 2.65 bits per heavy atom. The summed E-state index contributed by atoms with van der Waals surface area (Å²) in [7, 11) is 0. The molecule has 0 atom stereocenters. The number of ether oxygens (including phenoxy) is 1. The van der Waals surface area contributed by atoms with Crippen LogP contribution in [0.2, 0.25) is 0 Å². The zero-order valence-corrected chi connectivity index (χ0v) is 11.1. The zero-order valence-electron chi connectivity index (χ0n) is 8.18. The van der Waals surface area contributed by atoms with Gasteiger partial charge in [0.1, 0.15) is 3.70 Å². The Morgan fingerprint density at radius 2 is 2.18 bits per heavy atom. The first-order chi connectivity index (χ1) is 7.89. The fourth-order valence-electron chi connectivity index (χ4n) is 1.14. The average molecular weight is 377 g/mol. The highest BCUT2D eigenvalue weighted by Gasteiger charge is 2.33. The number of hydrogen-bond donors (Lipinski definition) is 0. The van der Waals surface area contributed by atoms with Crippen LogP contribution in [0.25, 0.3) is 0 Å². The monoisotopic (exact) mass is 376 g/mol. The van der Waals surface area contributed by atoms with E-state index in [9.17, 15) is 13.2 Å². The third-order valence-electron chi connectivity index (χ3n) is 1.80. The molecule has 0 fully saturated rings. The number of aromatic nitrogens is 1. The van der Waals surface area contributed by atoms with Gasteiger partial charge in [0.25, 0.3) is 0 Å². The Kier molecular flexibility index (Phi) is 4.82. The summed E-state index contributed by atoms with van der Waals surface area (Å²) < 4.78 is 40.5. The molecule has 17 heavy (non-hydrogen) atoms. The van der Waals surface area contributed by atoms with E-state index in [1.807, 2.05) is 6.07 Å². The van der Waals surface area contributed by atoms with Gasteiger partial charge in [-0.15, -0.1) is 24.8 Å². The van der Waals surface area contributed by atoms with Crippen LogP contribution in [0.5, 0.6) is 5.75 Å². The van der Waals surface area contributed by atoms with Gasteiger partial charge in [0, 0.05) is 11.8 Å². The quantitative estimate of drug-likeness (QED) is 0.461. The molecule has 0 N–H and O–H groups in total. The van der Waals surface area contributed by atoms with E-state index in [1.165, 1.54) is 6.20 Å².